The van der Waals surface area contributed by atoms with Gasteiger partial charge in [0.1, 0.15) is 22.9 Å². The molecule has 1 saturated heterocycles. The third-order valence-electron chi connectivity index (χ3n) is 6.30. The number of fused-ring (bicyclic) bond motifs is 1. The van der Waals surface area contributed by atoms with Crippen molar-refractivity contribution in [2.45, 2.75) is 29.3 Å². The van der Waals surface area contributed by atoms with Gasteiger partial charge in [0.15, 0.2) is 11.5 Å². The molecule has 0 radical (unpaired) electrons. The lowest BCUT2D eigenvalue weighted by Crippen LogP contribution is -2.70. The van der Waals surface area contributed by atoms with Gasteiger partial charge in [-0.2, -0.15) is 8.42 Å². The van der Waals surface area contributed by atoms with Crippen LogP contribution < -0.4 is 5.32 Å². The van der Waals surface area contributed by atoms with E-state index in [0.29, 0.717) is 5.56 Å². The average Bonchev–Trinajstić information content (AvgIpc) is 2.99. The molecule has 15 heteroatoms. The van der Waals surface area contributed by atoms with E-state index < -0.39 is 49.9 Å². The van der Waals surface area contributed by atoms with Crippen LogP contribution in [0.5, 0.6) is 0 Å². The monoisotopic (exact) mass is 610 g/mol. The third kappa shape index (κ3) is 6.11. The van der Waals surface area contributed by atoms with E-state index in [2.05, 4.69) is 10.3 Å². The SMILES string of the molecule is O=C(Cc1ccccc1)NC1C(=O)N2C(C(=O)OCc3ccc([N+](=O)[O-])cc3)=C(OS(=O)(=O)c3cccnc3)CS[C@@H]12. The minimum atomic E-state index is -4.42. The fourth-order valence-electron chi connectivity index (χ4n) is 4.26. The number of nitrogens with one attached hydrogen (secondary N) is 1. The molecule has 13 nitrogen and oxygen atoms in total. The second-order valence-corrected chi connectivity index (χ2v) is 11.8. The normalized spacial score (nSPS) is 18.0. The lowest BCUT2D eigenvalue weighted by molar-refractivity contribution is -0.384. The maximum atomic E-state index is 13.3. The van der Waals surface area contributed by atoms with Crippen molar-refractivity contribution in [1.82, 2.24) is 15.2 Å². The zero-order chi connectivity index (χ0) is 29.9. The van der Waals surface area contributed by atoms with Gasteiger partial charge < -0.3 is 14.2 Å². The molecule has 216 valence electrons. The van der Waals surface area contributed by atoms with Crippen LogP contribution in [0.1, 0.15) is 11.1 Å². The zero-order valence-electron chi connectivity index (χ0n) is 21.6. The van der Waals surface area contributed by atoms with Crippen LogP contribution in [0, 0.1) is 10.1 Å². The van der Waals surface area contributed by atoms with Crippen LogP contribution in [0.15, 0.2) is 95.5 Å². The number of amides is 2. The molecular weight excluding hydrogens is 588 g/mol. The number of hydrogen-bond acceptors (Lipinski definition) is 11. The predicted octanol–water partition coefficient (Wildman–Crippen LogP) is 2.29. The molecule has 0 aliphatic carbocycles. The first-order chi connectivity index (χ1) is 20.1. The quantitative estimate of drug-likeness (QED) is 0.117. The number of carbonyl (C=O) groups excluding carboxylic acids is 3. The Labute approximate surface area is 243 Å². The number of pyridine rings is 1. The standard InChI is InChI=1S/C27H22N4O9S2/c32-22(13-17-5-2-1-3-6-17)29-23-25(33)30-24(27(34)39-15-18-8-10-19(11-9-18)31(35)36)21(16-41-26(23)30)40-42(37,38)20-7-4-12-28-14-20/h1-12,14,23,26H,13,15-16H2,(H,29,32)/t23?,26-/m0/s1. The Morgan fingerprint density at radius 3 is 2.48 bits per heavy atom. The van der Waals surface area contributed by atoms with Crippen molar-refractivity contribution < 1.29 is 36.6 Å². The van der Waals surface area contributed by atoms with Gasteiger partial charge >= 0.3 is 16.1 Å². The van der Waals surface area contributed by atoms with Crippen LogP contribution >= 0.6 is 11.8 Å². The third-order valence-corrected chi connectivity index (χ3v) is 8.79. The van der Waals surface area contributed by atoms with E-state index in [9.17, 15) is 32.9 Å². The highest BCUT2D eigenvalue weighted by atomic mass is 32.2. The molecule has 2 aliphatic rings. The molecule has 1 aromatic heterocycles. The maximum Gasteiger partial charge on any atom is 0.359 e. The molecule has 1 N–H and O–H groups in total. The summed E-state index contributed by atoms with van der Waals surface area (Å²) < 4.78 is 36.6. The number of β-lactam (4-membered cyclic amide) rings is 1. The summed E-state index contributed by atoms with van der Waals surface area (Å²) in [7, 11) is -4.42. The molecule has 3 aromatic rings. The molecule has 2 aromatic carbocycles. The summed E-state index contributed by atoms with van der Waals surface area (Å²) in [6, 6.07) is 15.9. The minimum Gasteiger partial charge on any atom is -0.456 e. The van der Waals surface area contributed by atoms with Crippen LogP contribution in [0.4, 0.5) is 5.69 Å². The van der Waals surface area contributed by atoms with Crippen molar-refractivity contribution in [1.29, 1.82) is 0 Å². The Bertz CT molecular complexity index is 1660. The van der Waals surface area contributed by atoms with Crippen molar-refractivity contribution >= 4 is 45.4 Å². The summed E-state index contributed by atoms with van der Waals surface area (Å²) in [6.45, 7) is -0.319. The molecule has 5 rings (SSSR count). The number of nitro benzene ring substituents is 1. The number of carbonyl (C=O) groups is 3. The Hall–Kier alpha value is -4.76. The van der Waals surface area contributed by atoms with Crippen LogP contribution in [0.2, 0.25) is 0 Å². The first-order valence-electron chi connectivity index (χ1n) is 12.4. The topological polar surface area (TPSA) is 175 Å². The molecule has 42 heavy (non-hydrogen) atoms. The van der Waals surface area contributed by atoms with Gasteiger partial charge in [0, 0.05) is 24.5 Å². The summed E-state index contributed by atoms with van der Waals surface area (Å²) >= 11 is 1.11. The van der Waals surface area contributed by atoms with E-state index in [4.69, 9.17) is 8.92 Å². The van der Waals surface area contributed by atoms with Crippen molar-refractivity contribution in [3.05, 3.63) is 112 Å². The van der Waals surface area contributed by atoms with Gasteiger partial charge in [-0.25, -0.2) is 4.79 Å². The van der Waals surface area contributed by atoms with Gasteiger partial charge in [0.25, 0.3) is 11.6 Å². The maximum absolute atomic E-state index is 13.3. The molecule has 2 atom stereocenters. The Morgan fingerprint density at radius 2 is 1.81 bits per heavy atom. The van der Waals surface area contributed by atoms with E-state index in [-0.39, 0.29) is 35.1 Å². The number of hydrogen-bond donors (Lipinski definition) is 1. The number of nitro groups is 1. The number of non-ortho nitro benzene ring substituents is 1. The molecule has 1 unspecified atom stereocenters. The zero-order valence-corrected chi connectivity index (χ0v) is 23.2. The number of aromatic nitrogens is 1. The number of rotatable bonds is 10. The number of esters is 1. The van der Waals surface area contributed by atoms with Gasteiger partial charge in [-0.15, -0.1) is 11.8 Å². The molecule has 0 saturated carbocycles. The molecule has 0 spiro atoms. The van der Waals surface area contributed by atoms with Crippen LogP contribution in [0.25, 0.3) is 0 Å². The van der Waals surface area contributed by atoms with Crippen molar-refractivity contribution in [3.63, 3.8) is 0 Å². The summed E-state index contributed by atoms with van der Waals surface area (Å²) in [4.78, 5) is 54.1. The predicted molar refractivity (Wildman–Crippen MR) is 148 cm³/mol. The van der Waals surface area contributed by atoms with E-state index in [0.717, 1.165) is 28.4 Å². The highest BCUT2D eigenvalue weighted by Crippen LogP contribution is 2.42. The van der Waals surface area contributed by atoms with Crippen molar-refractivity contribution in [2.75, 3.05) is 5.75 Å². The molecule has 2 amide bonds. The average molecular weight is 611 g/mol. The van der Waals surface area contributed by atoms with Crippen molar-refractivity contribution in [3.8, 4) is 0 Å². The van der Waals surface area contributed by atoms with Gasteiger partial charge in [-0.05, 0) is 35.4 Å². The fraction of sp³-hybridized carbons (Fsp3) is 0.185. The van der Waals surface area contributed by atoms with Gasteiger partial charge in [-0.3, -0.25) is 29.6 Å². The lowest BCUT2D eigenvalue weighted by Gasteiger charge is -2.49. The lowest BCUT2D eigenvalue weighted by atomic mass is 10.0. The first kappa shape index (κ1) is 28.8. The molecular formula is C27H22N4O9S2. The summed E-state index contributed by atoms with van der Waals surface area (Å²) in [6.07, 6.45) is 2.50. The summed E-state index contributed by atoms with van der Waals surface area (Å²) in [5.41, 5.74) is 0.610. The molecule has 0 bridgehead atoms. The summed E-state index contributed by atoms with van der Waals surface area (Å²) in [5, 5.41) is 12.9. The van der Waals surface area contributed by atoms with E-state index in [1.165, 1.54) is 42.6 Å². The highest BCUT2D eigenvalue weighted by molar-refractivity contribution is 8.00. The molecule has 1 fully saturated rings. The number of thioether (sulfide) groups is 1. The number of ether oxygens (including phenoxy) is 1. The largest absolute Gasteiger partial charge is 0.456 e. The van der Waals surface area contributed by atoms with Crippen LogP contribution in [-0.4, -0.2) is 58.2 Å². The smallest absolute Gasteiger partial charge is 0.359 e. The Kier molecular flexibility index (Phi) is 8.22. The Morgan fingerprint density at radius 1 is 1.07 bits per heavy atom. The molecule has 2 aliphatic heterocycles. The van der Waals surface area contributed by atoms with Gasteiger partial charge in [0.2, 0.25) is 5.91 Å². The van der Waals surface area contributed by atoms with E-state index >= 15 is 0 Å². The second-order valence-electron chi connectivity index (χ2n) is 9.12. The van der Waals surface area contributed by atoms with Gasteiger partial charge in [0.05, 0.1) is 17.1 Å². The van der Waals surface area contributed by atoms with Crippen molar-refractivity contribution in [2.24, 2.45) is 0 Å². The first-order valence-corrected chi connectivity index (χ1v) is 14.9. The van der Waals surface area contributed by atoms with Gasteiger partial charge in [-0.1, -0.05) is 30.3 Å². The number of nitrogens with zero attached hydrogens (tertiary/aromatic N) is 3. The van der Waals surface area contributed by atoms with Crippen LogP contribution in [-0.2, 0) is 46.4 Å². The fourth-order valence-corrected chi connectivity index (χ4v) is 6.52. The van der Waals surface area contributed by atoms with E-state index in [1.54, 1.807) is 24.3 Å². The number of benzene rings is 2. The van der Waals surface area contributed by atoms with Crippen LogP contribution in [0.3, 0.4) is 0 Å². The minimum absolute atomic E-state index is 0.0414. The highest BCUT2D eigenvalue weighted by Gasteiger charge is 2.55. The summed E-state index contributed by atoms with van der Waals surface area (Å²) in [5.74, 6) is -2.53. The Balaban J connectivity index is 1.37. The molecule has 3 heterocycles. The van der Waals surface area contributed by atoms with E-state index in [1.807, 2.05) is 6.07 Å². The second kappa shape index (κ2) is 12.0.